The first kappa shape index (κ1) is 16.7. The minimum atomic E-state index is -0.127. The molecule has 126 valence electrons. The lowest BCUT2D eigenvalue weighted by Gasteiger charge is -2.11. The van der Waals surface area contributed by atoms with Crippen LogP contribution in [-0.4, -0.2) is 26.2 Å². The molecule has 0 atom stereocenters. The van der Waals surface area contributed by atoms with Crippen molar-refractivity contribution in [1.82, 2.24) is 5.43 Å². The summed E-state index contributed by atoms with van der Waals surface area (Å²) in [6.45, 7) is 0. The van der Waals surface area contributed by atoms with E-state index >= 15 is 0 Å². The van der Waals surface area contributed by atoms with E-state index in [4.69, 9.17) is 0 Å². The Kier molecular flexibility index (Phi) is 5.09. The highest BCUT2D eigenvalue weighted by molar-refractivity contribution is 5.90. The van der Waals surface area contributed by atoms with Gasteiger partial charge < -0.3 is 4.90 Å². The second-order valence-electron chi connectivity index (χ2n) is 6.09. The number of hydrazone groups is 1. The van der Waals surface area contributed by atoms with Crippen LogP contribution in [0.25, 0.3) is 10.8 Å². The molecule has 0 aliphatic carbocycles. The first-order valence-electron chi connectivity index (χ1n) is 8.19. The van der Waals surface area contributed by atoms with Crippen LogP contribution in [0.4, 0.5) is 5.69 Å². The van der Waals surface area contributed by atoms with Gasteiger partial charge in [-0.1, -0.05) is 54.6 Å². The number of rotatable bonds is 5. The van der Waals surface area contributed by atoms with Gasteiger partial charge in [0.1, 0.15) is 0 Å². The standard InChI is InChI=1S/C21H21N3O/c1-24(2)19-12-10-16(11-13-19)15-22-23-21(25)14-18-8-5-7-17-6-3-4-9-20(17)18/h3-13,15H,14H2,1-2H3,(H,23,25)/b22-15+. The molecule has 3 rings (SSSR count). The topological polar surface area (TPSA) is 44.7 Å². The van der Waals surface area contributed by atoms with Crippen molar-refractivity contribution in [3.05, 3.63) is 77.9 Å². The van der Waals surface area contributed by atoms with Crippen molar-refractivity contribution in [2.24, 2.45) is 5.10 Å². The van der Waals surface area contributed by atoms with Crippen LogP contribution in [0.2, 0.25) is 0 Å². The SMILES string of the molecule is CN(C)c1ccc(/C=N/NC(=O)Cc2cccc3ccccc23)cc1. The number of nitrogens with one attached hydrogen (secondary N) is 1. The molecule has 0 unspecified atom stereocenters. The van der Waals surface area contributed by atoms with Gasteiger partial charge in [-0.15, -0.1) is 0 Å². The number of benzene rings is 3. The minimum absolute atomic E-state index is 0.127. The molecule has 3 aromatic rings. The number of carbonyl (C=O) groups is 1. The van der Waals surface area contributed by atoms with Crippen LogP contribution in [0, 0.1) is 0 Å². The average molecular weight is 331 g/mol. The molecule has 0 aliphatic rings. The molecule has 0 fully saturated rings. The summed E-state index contributed by atoms with van der Waals surface area (Å²) in [6, 6.07) is 22.0. The molecule has 3 aromatic carbocycles. The number of fused-ring (bicyclic) bond motifs is 1. The Balaban J connectivity index is 1.62. The van der Waals surface area contributed by atoms with Gasteiger partial charge in [-0.05, 0) is 34.0 Å². The molecule has 0 aliphatic heterocycles. The van der Waals surface area contributed by atoms with Gasteiger partial charge in [0.15, 0.2) is 0 Å². The Hall–Kier alpha value is -3.14. The van der Waals surface area contributed by atoms with Crippen molar-refractivity contribution in [3.8, 4) is 0 Å². The number of anilines is 1. The van der Waals surface area contributed by atoms with Crippen molar-refractivity contribution in [3.63, 3.8) is 0 Å². The molecule has 4 heteroatoms. The van der Waals surface area contributed by atoms with Gasteiger partial charge >= 0.3 is 0 Å². The predicted molar refractivity (Wildman–Crippen MR) is 104 cm³/mol. The Morgan fingerprint density at radius 3 is 2.48 bits per heavy atom. The molecule has 1 amide bonds. The largest absolute Gasteiger partial charge is 0.378 e. The van der Waals surface area contributed by atoms with Crippen molar-refractivity contribution >= 4 is 28.6 Å². The molecule has 0 saturated carbocycles. The Bertz CT molecular complexity index is 893. The molecule has 0 bridgehead atoms. The van der Waals surface area contributed by atoms with Gasteiger partial charge in [0, 0.05) is 19.8 Å². The molecule has 0 radical (unpaired) electrons. The van der Waals surface area contributed by atoms with E-state index in [1.807, 2.05) is 85.7 Å². The zero-order chi connectivity index (χ0) is 17.6. The fraction of sp³-hybridized carbons (Fsp3) is 0.143. The molecular weight excluding hydrogens is 310 g/mol. The smallest absolute Gasteiger partial charge is 0.244 e. The van der Waals surface area contributed by atoms with E-state index in [1.165, 1.54) is 0 Å². The third kappa shape index (κ3) is 4.23. The molecular formula is C21H21N3O. The number of amides is 1. The highest BCUT2D eigenvalue weighted by Gasteiger charge is 2.05. The highest BCUT2D eigenvalue weighted by Crippen LogP contribution is 2.18. The quantitative estimate of drug-likeness (QED) is 0.573. The van der Waals surface area contributed by atoms with Gasteiger partial charge in [-0.3, -0.25) is 4.79 Å². The molecule has 25 heavy (non-hydrogen) atoms. The Morgan fingerprint density at radius 1 is 1.00 bits per heavy atom. The van der Waals surface area contributed by atoms with Crippen LogP contribution in [0.15, 0.2) is 71.8 Å². The summed E-state index contributed by atoms with van der Waals surface area (Å²) < 4.78 is 0. The first-order valence-corrected chi connectivity index (χ1v) is 8.19. The van der Waals surface area contributed by atoms with E-state index < -0.39 is 0 Å². The van der Waals surface area contributed by atoms with Gasteiger partial charge in [-0.2, -0.15) is 5.10 Å². The van der Waals surface area contributed by atoms with Crippen LogP contribution in [0.3, 0.4) is 0 Å². The van der Waals surface area contributed by atoms with Crippen LogP contribution in [0.1, 0.15) is 11.1 Å². The fourth-order valence-electron chi connectivity index (χ4n) is 2.70. The molecule has 0 heterocycles. The van der Waals surface area contributed by atoms with Gasteiger partial charge in [-0.25, -0.2) is 5.43 Å². The summed E-state index contributed by atoms with van der Waals surface area (Å²) in [5.41, 5.74) is 5.67. The summed E-state index contributed by atoms with van der Waals surface area (Å²) in [6.07, 6.45) is 1.96. The first-order chi connectivity index (χ1) is 12.1. The third-order valence-electron chi connectivity index (χ3n) is 4.04. The summed E-state index contributed by atoms with van der Waals surface area (Å²) in [7, 11) is 3.99. The third-order valence-corrected chi connectivity index (χ3v) is 4.04. The van der Waals surface area contributed by atoms with E-state index in [9.17, 15) is 4.79 Å². The predicted octanol–water partition coefficient (Wildman–Crippen LogP) is 3.60. The second kappa shape index (κ2) is 7.62. The highest BCUT2D eigenvalue weighted by atomic mass is 16.2. The zero-order valence-electron chi connectivity index (χ0n) is 14.4. The van der Waals surface area contributed by atoms with Gasteiger partial charge in [0.25, 0.3) is 0 Å². The van der Waals surface area contributed by atoms with Crippen LogP contribution in [-0.2, 0) is 11.2 Å². The summed E-state index contributed by atoms with van der Waals surface area (Å²) in [5.74, 6) is -0.127. The van der Waals surface area contributed by atoms with E-state index in [0.717, 1.165) is 27.6 Å². The van der Waals surface area contributed by atoms with Gasteiger partial charge in [0.05, 0.1) is 12.6 Å². The molecule has 1 N–H and O–H groups in total. The maximum Gasteiger partial charge on any atom is 0.244 e. The monoisotopic (exact) mass is 331 g/mol. The van der Waals surface area contributed by atoms with E-state index in [1.54, 1.807) is 6.21 Å². The van der Waals surface area contributed by atoms with E-state index in [-0.39, 0.29) is 5.91 Å². The van der Waals surface area contributed by atoms with Gasteiger partial charge in [0.2, 0.25) is 5.91 Å². The van der Waals surface area contributed by atoms with Crippen LogP contribution in [0.5, 0.6) is 0 Å². The lowest BCUT2D eigenvalue weighted by molar-refractivity contribution is -0.120. The van der Waals surface area contributed by atoms with Crippen LogP contribution >= 0.6 is 0 Å². The summed E-state index contributed by atoms with van der Waals surface area (Å²) in [4.78, 5) is 14.2. The number of hydrogen-bond acceptors (Lipinski definition) is 3. The molecule has 0 spiro atoms. The fourth-order valence-corrected chi connectivity index (χ4v) is 2.70. The van der Waals surface area contributed by atoms with E-state index in [2.05, 4.69) is 10.5 Å². The minimum Gasteiger partial charge on any atom is -0.378 e. The zero-order valence-corrected chi connectivity index (χ0v) is 14.4. The Labute approximate surface area is 147 Å². The van der Waals surface area contributed by atoms with Crippen molar-refractivity contribution < 1.29 is 4.79 Å². The van der Waals surface area contributed by atoms with Crippen molar-refractivity contribution in [2.75, 3.05) is 19.0 Å². The number of carbonyl (C=O) groups excluding carboxylic acids is 1. The second-order valence-corrected chi connectivity index (χ2v) is 6.09. The van der Waals surface area contributed by atoms with E-state index in [0.29, 0.717) is 6.42 Å². The molecule has 4 nitrogen and oxygen atoms in total. The molecule has 0 aromatic heterocycles. The summed E-state index contributed by atoms with van der Waals surface area (Å²) >= 11 is 0. The number of hydrogen-bond donors (Lipinski definition) is 1. The Morgan fingerprint density at radius 2 is 1.72 bits per heavy atom. The maximum atomic E-state index is 12.2. The lowest BCUT2D eigenvalue weighted by atomic mass is 10.0. The normalized spacial score (nSPS) is 11.0. The number of nitrogens with zero attached hydrogens (tertiary/aromatic N) is 2. The average Bonchev–Trinajstić information content (AvgIpc) is 2.62. The summed E-state index contributed by atoms with van der Waals surface area (Å²) in [5, 5.41) is 6.29. The maximum absolute atomic E-state index is 12.2. The van der Waals surface area contributed by atoms with Crippen molar-refractivity contribution in [2.45, 2.75) is 6.42 Å². The molecule has 0 saturated heterocycles. The van der Waals surface area contributed by atoms with Crippen LogP contribution < -0.4 is 10.3 Å². The lowest BCUT2D eigenvalue weighted by Crippen LogP contribution is -2.19. The van der Waals surface area contributed by atoms with Crippen molar-refractivity contribution in [1.29, 1.82) is 0 Å².